The lowest BCUT2D eigenvalue weighted by molar-refractivity contribution is 0.191. The quantitative estimate of drug-likeness (QED) is 0.439. The molecule has 12 heavy (non-hydrogen) atoms. The summed E-state index contributed by atoms with van der Waals surface area (Å²) in [6.45, 7) is 7.16. The number of isocyanates is 1. The molecule has 2 heteroatoms. The Bertz CT molecular complexity index is 157. The van der Waals surface area contributed by atoms with Gasteiger partial charge in [-0.2, -0.15) is 0 Å². The molecule has 0 bridgehead atoms. The van der Waals surface area contributed by atoms with Crippen molar-refractivity contribution in [1.29, 1.82) is 5.41 Å². The van der Waals surface area contributed by atoms with Gasteiger partial charge in [-0.1, -0.05) is 33.6 Å². The third-order valence-corrected chi connectivity index (χ3v) is 2.45. The summed E-state index contributed by atoms with van der Waals surface area (Å²) in [6.07, 6.45) is 6.54. The van der Waals surface area contributed by atoms with Gasteiger partial charge in [-0.15, -0.1) is 0 Å². The summed E-state index contributed by atoms with van der Waals surface area (Å²) in [5.41, 5.74) is 0.650. The van der Waals surface area contributed by atoms with Crippen molar-refractivity contribution in [3.8, 4) is 0 Å². The average Bonchev–Trinajstić information content (AvgIpc) is 1.85. The van der Waals surface area contributed by atoms with Gasteiger partial charge in [0.1, 0.15) is 0 Å². The van der Waals surface area contributed by atoms with Crippen LogP contribution in [0.5, 0.6) is 0 Å². The Morgan fingerprint density at radius 2 is 2.00 bits per heavy atom. The lowest BCUT2D eigenvalue weighted by Crippen LogP contribution is -2.20. The molecule has 1 saturated carbocycles. The molecule has 70 valence electrons. The van der Waals surface area contributed by atoms with E-state index in [1.807, 2.05) is 0 Å². The lowest BCUT2D eigenvalue weighted by atomic mass is 9.73. The molecule has 1 fully saturated rings. The fourth-order valence-electron chi connectivity index (χ4n) is 2.08. The van der Waals surface area contributed by atoms with Gasteiger partial charge in [-0.05, 0) is 24.2 Å². The van der Waals surface area contributed by atoms with E-state index < -0.39 is 0 Å². The smallest absolute Gasteiger partial charge is 0.222 e. The maximum atomic E-state index is 8.35. The molecular formula is C10H19NO. The number of hydrogen-bond donors (Lipinski definition) is 1. The maximum absolute atomic E-state index is 8.35. The Morgan fingerprint density at radius 1 is 1.50 bits per heavy atom. The molecule has 0 aromatic carbocycles. The van der Waals surface area contributed by atoms with Gasteiger partial charge in [0.25, 0.3) is 0 Å². The van der Waals surface area contributed by atoms with E-state index >= 15 is 0 Å². The third kappa shape index (κ3) is 5.09. The van der Waals surface area contributed by atoms with Crippen molar-refractivity contribution >= 4 is 6.08 Å². The van der Waals surface area contributed by atoms with Crippen LogP contribution >= 0.6 is 0 Å². The molecule has 1 rings (SSSR count). The van der Waals surface area contributed by atoms with Crippen LogP contribution in [-0.2, 0) is 4.79 Å². The topological polar surface area (TPSA) is 40.9 Å². The van der Waals surface area contributed by atoms with Crippen molar-refractivity contribution in [3.05, 3.63) is 0 Å². The molecule has 0 aromatic rings. The minimum atomic E-state index is 0.650. The predicted molar refractivity (Wildman–Crippen MR) is 49.8 cm³/mol. The summed E-state index contributed by atoms with van der Waals surface area (Å²) < 4.78 is 0. The summed E-state index contributed by atoms with van der Waals surface area (Å²) in [5, 5.41) is 5.40. The first kappa shape index (κ1) is 11.4. The van der Waals surface area contributed by atoms with Gasteiger partial charge in [0, 0.05) is 0 Å². The number of nitrogens with one attached hydrogen (secondary N) is 1. The molecule has 0 aromatic heterocycles. The Labute approximate surface area is 74.9 Å². The van der Waals surface area contributed by atoms with Crippen LogP contribution in [0, 0.1) is 16.7 Å². The highest BCUT2D eigenvalue weighted by atomic mass is 16.1. The highest BCUT2D eigenvalue weighted by molar-refractivity contribution is 5.26. The second-order valence-corrected chi connectivity index (χ2v) is 4.47. The third-order valence-electron chi connectivity index (χ3n) is 2.45. The van der Waals surface area contributed by atoms with Gasteiger partial charge < -0.3 is 0 Å². The van der Waals surface area contributed by atoms with E-state index in [2.05, 4.69) is 20.8 Å². The molecule has 1 aliphatic carbocycles. The van der Waals surface area contributed by atoms with Gasteiger partial charge in [0.05, 0.1) is 0 Å². The van der Waals surface area contributed by atoms with Crippen LogP contribution in [0.2, 0.25) is 0 Å². The van der Waals surface area contributed by atoms with Crippen LogP contribution in [0.25, 0.3) is 0 Å². The standard InChI is InChI=1S/C9H18.CHNO/c1-8-5-4-6-9(2,3)7-8;2-1-3/h8H,4-7H2,1-3H3;2H. The Kier molecular flexibility index (Phi) is 4.84. The normalized spacial score (nSPS) is 26.4. The molecular weight excluding hydrogens is 150 g/mol. The molecule has 0 heterocycles. The first-order chi connectivity index (χ1) is 5.52. The highest BCUT2D eigenvalue weighted by Gasteiger charge is 2.24. The fourth-order valence-corrected chi connectivity index (χ4v) is 2.08. The van der Waals surface area contributed by atoms with Crippen LogP contribution in [0.15, 0.2) is 0 Å². The molecule has 0 saturated heterocycles. The molecule has 0 aliphatic heterocycles. The molecule has 0 radical (unpaired) electrons. The number of rotatable bonds is 0. The van der Waals surface area contributed by atoms with Crippen molar-refractivity contribution < 1.29 is 4.79 Å². The minimum absolute atomic E-state index is 0.650. The Morgan fingerprint density at radius 3 is 2.25 bits per heavy atom. The number of hydrogen-bond acceptors (Lipinski definition) is 2. The largest absolute Gasteiger partial charge is 0.231 e. The first-order valence-electron chi connectivity index (χ1n) is 4.56. The lowest BCUT2D eigenvalue weighted by Gasteiger charge is -2.33. The summed E-state index contributed by atoms with van der Waals surface area (Å²) in [6, 6.07) is 0. The van der Waals surface area contributed by atoms with Gasteiger partial charge in [-0.3, -0.25) is 0 Å². The van der Waals surface area contributed by atoms with E-state index in [0.29, 0.717) is 5.41 Å². The SMILES string of the molecule is CC1CCCC(C)(C)C1.N=C=O. The zero-order valence-corrected chi connectivity index (χ0v) is 8.31. The predicted octanol–water partition coefficient (Wildman–Crippen LogP) is 3.12. The van der Waals surface area contributed by atoms with Crippen LogP contribution in [0.4, 0.5) is 0 Å². The van der Waals surface area contributed by atoms with E-state index in [-0.39, 0.29) is 0 Å². The summed E-state index contributed by atoms with van der Waals surface area (Å²) in [5.74, 6) is 0.980. The van der Waals surface area contributed by atoms with E-state index in [1.165, 1.54) is 25.7 Å². The Hall–Kier alpha value is -0.620. The zero-order chi connectivity index (χ0) is 9.61. The maximum Gasteiger partial charge on any atom is 0.231 e. The number of carbonyl (C=O) groups excluding carboxylic acids is 1. The summed E-state index contributed by atoms with van der Waals surface area (Å²) in [4.78, 5) is 8.35. The fraction of sp³-hybridized carbons (Fsp3) is 0.900. The monoisotopic (exact) mass is 169 g/mol. The van der Waals surface area contributed by atoms with Crippen molar-refractivity contribution in [2.24, 2.45) is 11.3 Å². The van der Waals surface area contributed by atoms with Crippen LogP contribution < -0.4 is 0 Å². The Balaban J connectivity index is 0.000000354. The van der Waals surface area contributed by atoms with Crippen molar-refractivity contribution in [2.45, 2.75) is 46.5 Å². The van der Waals surface area contributed by atoms with Crippen molar-refractivity contribution in [1.82, 2.24) is 0 Å². The summed E-state index contributed by atoms with van der Waals surface area (Å²) in [7, 11) is 0. The molecule has 1 aliphatic rings. The van der Waals surface area contributed by atoms with Crippen LogP contribution in [0.3, 0.4) is 0 Å². The van der Waals surface area contributed by atoms with Crippen molar-refractivity contribution in [2.75, 3.05) is 0 Å². The summed E-state index contributed by atoms with van der Waals surface area (Å²) >= 11 is 0. The van der Waals surface area contributed by atoms with Gasteiger partial charge >= 0.3 is 0 Å². The zero-order valence-electron chi connectivity index (χ0n) is 8.31. The molecule has 0 amide bonds. The molecule has 1 atom stereocenters. The van der Waals surface area contributed by atoms with Gasteiger partial charge in [0.2, 0.25) is 6.08 Å². The van der Waals surface area contributed by atoms with E-state index in [0.717, 1.165) is 12.0 Å². The first-order valence-corrected chi connectivity index (χ1v) is 4.56. The molecule has 1 unspecified atom stereocenters. The average molecular weight is 169 g/mol. The van der Waals surface area contributed by atoms with Crippen LogP contribution in [0.1, 0.15) is 46.5 Å². The second-order valence-electron chi connectivity index (χ2n) is 4.47. The second kappa shape index (κ2) is 5.10. The van der Waals surface area contributed by atoms with Crippen LogP contribution in [-0.4, -0.2) is 6.08 Å². The molecule has 1 N–H and O–H groups in total. The van der Waals surface area contributed by atoms with E-state index in [9.17, 15) is 0 Å². The van der Waals surface area contributed by atoms with Crippen molar-refractivity contribution in [3.63, 3.8) is 0 Å². The minimum Gasteiger partial charge on any atom is -0.222 e. The van der Waals surface area contributed by atoms with Gasteiger partial charge in [-0.25, -0.2) is 10.2 Å². The highest BCUT2D eigenvalue weighted by Crippen LogP contribution is 2.37. The van der Waals surface area contributed by atoms with E-state index in [1.54, 1.807) is 0 Å². The van der Waals surface area contributed by atoms with E-state index in [4.69, 9.17) is 10.2 Å². The van der Waals surface area contributed by atoms with Gasteiger partial charge in [0.15, 0.2) is 0 Å². The molecule has 2 nitrogen and oxygen atoms in total. The molecule has 0 spiro atoms.